The van der Waals surface area contributed by atoms with Crippen LogP contribution in [0.1, 0.15) is 36.2 Å². The second-order valence-electron chi connectivity index (χ2n) is 5.24. The third-order valence-corrected chi connectivity index (χ3v) is 4.11. The van der Waals surface area contributed by atoms with E-state index in [2.05, 4.69) is 26.5 Å². The van der Waals surface area contributed by atoms with Gasteiger partial charge >= 0.3 is 0 Å². The molecule has 0 bridgehead atoms. The summed E-state index contributed by atoms with van der Waals surface area (Å²) in [6.07, 6.45) is 2.54. The van der Waals surface area contributed by atoms with Gasteiger partial charge in [-0.15, -0.1) is 0 Å². The highest BCUT2D eigenvalue weighted by atomic mass is 79.9. The van der Waals surface area contributed by atoms with Crippen molar-refractivity contribution in [3.8, 4) is 5.75 Å². The van der Waals surface area contributed by atoms with Gasteiger partial charge in [0.1, 0.15) is 5.75 Å². The molecule has 1 N–H and O–H groups in total. The van der Waals surface area contributed by atoms with Crippen LogP contribution in [-0.2, 0) is 0 Å². The topological polar surface area (TPSA) is 50.7 Å². The number of benzene rings is 2. The van der Waals surface area contributed by atoms with Crippen LogP contribution in [0.4, 0.5) is 0 Å². The first-order valence-corrected chi connectivity index (χ1v) is 8.72. The molecule has 0 aliphatic rings. The van der Waals surface area contributed by atoms with E-state index in [1.54, 1.807) is 30.3 Å². The quantitative estimate of drug-likeness (QED) is 0.536. The van der Waals surface area contributed by atoms with Crippen LogP contribution >= 0.6 is 27.5 Å². The number of halogens is 2. The smallest absolute Gasteiger partial charge is 0.271 e. The van der Waals surface area contributed by atoms with Crippen molar-refractivity contribution in [1.29, 1.82) is 0 Å². The van der Waals surface area contributed by atoms with E-state index in [1.165, 1.54) is 6.21 Å². The first-order valence-electron chi connectivity index (χ1n) is 7.54. The standard InChI is InChI=1S/C18H18BrClN2O2/c1-3-12(2)24-17-8-7-13(9-16(17)20)11-21-22-18(23)14-5-4-6-15(19)10-14/h4-12H,3H2,1-2H3,(H,22,23)/b21-11-/t12-/m0/s1. The van der Waals surface area contributed by atoms with E-state index in [0.29, 0.717) is 16.3 Å². The molecule has 0 heterocycles. The minimum Gasteiger partial charge on any atom is -0.489 e. The highest BCUT2D eigenvalue weighted by Gasteiger charge is 2.07. The average Bonchev–Trinajstić information content (AvgIpc) is 2.57. The van der Waals surface area contributed by atoms with Gasteiger partial charge in [0.05, 0.1) is 17.3 Å². The van der Waals surface area contributed by atoms with E-state index in [1.807, 2.05) is 26.0 Å². The molecule has 2 aromatic carbocycles. The first kappa shape index (κ1) is 18.5. The van der Waals surface area contributed by atoms with Gasteiger partial charge in [-0.05, 0) is 55.3 Å². The van der Waals surface area contributed by atoms with E-state index in [4.69, 9.17) is 16.3 Å². The summed E-state index contributed by atoms with van der Waals surface area (Å²) < 4.78 is 6.55. The first-order chi connectivity index (χ1) is 11.5. The molecular formula is C18H18BrClN2O2. The molecule has 1 amide bonds. The number of hydrogen-bond acceptors (Lipinski definition) is 3. The molecule has 0 aliphatic heterocycles. The lowest BCUT2D eigenvalue weighted by Crippen LogP contribution is -2.17. The zero-order valence-corrected chi connectivity index (χ0v) is 15.8. The lowest BCUT2D eigenvalue weighted by molar-refractivity contribution is 0.0955. The van der Waals surface area contributed by atoms with Crippen LogP contribution in [-0.4, -0.2) is 18.2 Å². The molecule has 1 atom stereocenters. The Balaban J connectivity index is 1.99. The minimum absolute atomic E-state index is 0.103. The number of carbonyl (C=O) groups is 1. The number of amides is 1. The molecule has 0 fully saturated rings. The van der Waals surface area contributed by atoms with Crippen molar-refractivity contribution in [1.82, 2.24) is 5.43 Å². The molecule has 6 heteroatoms. The highest BCUT2D eigenvalue weighted by molar-refractivity contribution is 9.10. The maximum atomic E-state index is 12.0. The van der Waals surface area contributed by atoms with Gasteiger partial charge in [0.25, 0.3) is 5.91 Å². The van der Waals surface area contributed by atoms with Gasteiger partial charge in [-0.2, -0.15) is 5.10 Å². The number of ether oxygens (including phenoxy) is 1. The van der Waals surface area contributed by atoms with Gasteiger partial charge in [-0.3, -0.25) is 4.79 Å². The Bertz CT molecular complexity index is 750. The second kappa shape index (κ2) is 8.85. The number of carbonyl (C=O) groups excluding carboxylic acids is 1. The molecule has 0 aliphatic carbocycles. The van der Waals surface area contributed by atoms with Crippen LogP contribution in [0.2, 0.25) is 5.02 Å². The normalized spacial score (nSPS) is 12.2. The van der Waals surface area contributed by atoms with Crippen molar-refractivity contribution in [2.45, 2.75) is 26.4 Å². The molecule has 0 unspecified atom stereocenters. The average molecular weight is 410 g/mol. The lowest BCUT2D eigenvalue weighted by atomic mass is 10.2. The summed E-state index contributed by atoms with van der Waals surface area (Å²) in [5.74, 6) is 0.358. The lowest BCUT2D eigenvalue weighted by Gasteiger charge is -2.13. The molecule has 126 valence electrons. The largest absolute Gasteiger partial charge is 0.489 e. The number of hydrogen-bond donors (Lipinski definition) is 1. The van der Waals surface area contributed by atoms with Crippen LogP contribution in [0.25, 0.3) is 0 Å². The molecule has 2 aromatic rings. The molecular weight excluding hydrogens is 392 g/mol. The third-order valence-electron chi connectivity index (χ3n) is 3.33. The Kier molecular flexibility index (Phi) is 6.82. The maximum absolute atomic E-state index is 12.0. The zero-order chi connectivity index (χ0) is 17.5. The fourth-order valence-electron chi connectivity index (χ4n) is 1.85. The summed E-state index contributed by atoms with van der Waals surface area (Å²) in [6.45, 7) is 4.04. The Hall–Kier alpha value is -1.85. The van der Waals surface area contributed by atoms with Crippen molar-refractivity contribution in [3.05, 3.63) is 63.1 Å². The molecule has 2 rings (SSSR count). The third kappa shape index (κ3) is 5.35. The van der Waals surface area contributed by atoms with Gasteiger partial charge in [-0.1, -0.05) is 40.5 Å². The van der Waals surface area contributed by atoms with Crippen LogP contribution in [0.5, 0.6) is 5.75 Å². The van der Waals surface area contributed by atoms with Crippen LogP contribution < -0.4 is 10.2 Å². The van der Waals surface area contributed by atoms with Gasteiger partial charge in [-0.25, -0.2) is 5.43 Å². The monoisotopic (exact) mass is 408 g/mol. The number of rotatable bonds is 6. The van der Waals surface area contributed by atoms with Gasteiger partial charge in [0.15, 0.2) is 0 Å². The summed E-state index contributed by atoms with van der Waals surface area (Å²) in [6, 6.07) is 12.5. The summed E-state index contributed by atoms with van der Waals surface area (Å²) in [5.41, 5.74) is 3.78. The fourth-order valence-corrected chi connectivity index (χ4v) is 2.49. The number of hydrazone groups is 1. The van der Waals surface area contributed by atoms with E-state index in [9.17, 15) is 4.79 Å². The molecule has 0 saturated heterocycles. The van der Waals surface area contributed by atoms with E-state index in [-0.39, 0.29) is 12.0 Å². The van der Waals surface area contributed by atoms with E-state index >= 15 is 0 Å². The Morgan fingerprint density at radius 2 is 2.17 bits per heavy atom. The summed E-state index contributed by atoms with van der Waals surface area (Å²) in [4.78, 5) is 12.0. The Morgan fingerprint density at radius 3 is 2.83 bits per heavy atom. The molecule has 0 spiro atoms. The Labute approximate surface area is 155 Å². The minimum atomic E-state index is -0.282. The number of nitrogens with one attached hydrogen (secondary N) is 1. The zero-order valence-electron chi connectivity index (χ0n) is 13.4. The van der Waals surface area contributed by atoms with Crippen LogP contribution in [0, 0.1) is 0 Å². The van der Waals surface area contributed by atoms with Crippen molar-refractivity contribution in [3.63, 3.8) is 0 Å². The summed E-state index contributed by atoms with van der Waals surface area (Å²) in [5, 5.41) is 4.47. The van der Waals surface area contributed by atoms with Crippen molar-refractivity contribution in [2.75, 3.05) is 0 Å². The maximum Gasteiger partial charge on any atom is 0.271 e. The van der Waals surface area contributed by atoms with E-state index in [0.717, 1.165) is 16.5 Å². The predicted molar refractivity (Wildman–Crippen MR) is 101 cm³/mol. The molecule has 0 radical (unpaired) electrons. The molecule has 0 aromatic heterocycles. The predicted octanol–water partition coefficient (Wildman–Crippen LogP) is 5.04. The van der Waals surface area contributed by atoms with Crippen molar-refractivity contribution < 1.29 is 9.53 Å². The molecule has 24 heavy (non-hydrogen) atoms. The SMILES string of the molecule is CC[C@H](C)Oc1ccc(/C=N\NC(=O)c2cccc(Br)c2)cc1Cl. The number of nitrogens with zero attached hydrogens (tertiary/aromatic N) is 1. The molecule has 0 saturated carbocycles. The Morgan fingerprint density at radius 1 is 1.38 bits per heavy atom. The van der Waals surface area contributed by atoms with Gasteiger partial charge in [0.2, 0.25) is 0 Å². The fraction of sp³-hybridized carbons (Fsp3) is 0.222. The second-order valence-corrected chi connectivity index (χ2v) is 6.56. The van der Waals surface area contributed by atoms with Crippen molar-refractivity contribution >= 4 is 39.7 Å². The molecule has 4 nitrogen and oxygen atoms in total. The van der Waals surface area contributed by atoms with E-state index < -0.39 is 0 Å². The van der Waals surface area contributed by atoms with Crippen LogP contribution in [0.15, 0.2) is 52.0 Å². The highest BCUT2D eigenvalue weighted by Crippen LogP contribution is 2.26. The van der Waals surface area contributed by atoms with Gasteiger partial charge in [0, 0.05) is 10.0 Å². The van der Waals surface area contributed by atoms with Crippen molar-refractivity contribution in [2.24, 2.45) is 5.10 Å². The van der Waals surface area contributed by atoms with Crippen LogP contribution in [0.3, 0.4) is 0 Å². The summed E-state index contributed by atoms with van der Waals surface area (Å²) in [7, 11) is 0. The van der Waals surface area contributed by atoms with Gasteiger partial charge < -0.3 is 4.74 Å². The summed E-state index contributed by atoms with van der Waals surface area (Å²) >= 11 is 9.53.